The van der Waals surface area contributed by atoms with E-state index in [0.717, 1.165) is 4.31 Å². The molecule has 0 amide bonds. The lowest BCUT2D eigenvalue weighted by Crippen LogP contribution is -2.40. The second kappa shape index (κ2) is 6.43. The lowest BCUT2D eigenvalue weighted by atomic mass is 10.2. The summed E-state index contributed by atoms with van der Waals surface area (Å²) < 4.78 is 37.4. The first-order valence-corrected chi connectivity index (χ1v) is 8.72. The van der Waals surface area contributed by atoms with Crippen molar-refractivity contribution in [3.8, 4) is 11.5 Å². The summed E-state index contributed by atoms with van der Waals surface area (Å²) >= 11 is 3.26. The van der Waals surface area contributed by atoms with Crippen molar-refractivity contribution in [1.29, 1.82) is 0 Å². The zero-order chi connectivity index (χ0) is 16.5. The van der Waals surface area contributed by atoms with Crippen LogP contribution >= 0.6 is 15.9 Å². The van der Waals surface area contributed by atoms with Crippen molar-refractivity contribution in [3.63, 3.8) is 0 Å². The normalized spacial score (nSPS) is 19.1. The molecule has 0 saturated carbocycles. The minimum atomic E-state index is -4.00. The third kappa shape index (κ3) is 2.92. The van der Waals surface area contributed by atoms with E-state index in [9.17, 15) is 18.3 Å². The molecule has 1 aromatic rings. The van der Waals surface area contributed by atoms with Crippen molar-refractivity contribution < 1.29 is 27.8 Å². The molecule has 0 aromatic heterocycles. The maximum absolute atomic E-state index is 12.8. The molecule has 0 bridgehead atoms. The molecule has 0 aliphatic carbocycles. The number of hydrogen-bond donors (Lipinski definition) is 1. The molecule has 2 rings (SSSR count). The molecular weight excluding hydrogens is 378 g/mol. The van der Waals surface area contributed by atoms with Crippen LogP contribution in [0.15, 0.2) is 21.5 Å². The molecule has 1 atom stereocenters. The fraction of sp³-hybridized carbons (Fsp3) is 0.462. The first-order valence-electron chi connectivity index (χ1n) is 6.49. The Morgan fingerprint density at radius 2 is 1.95 bits per heavy atom. The molecule has 1 aliphatic rings. The number of carboxylic acids is 1. The molecule has 0 radical (unpaired) electrons. The fourth-order valence-electron chi connectivity index (χ4n) is 2.43. The van der Waals surface area contributed by atoms with Gasteiger partial charge in [0, 0.05) is 12.6 Å². The standard InChI is InChI=1S/C13H16BrNO6S/c1-20-10-7-12(11(21-2)6-8(10)14)22(18,19)15-5-3-4-9(15)13(16)17/h6-7,9H,3-5H2,1-2H3,(H,16,17). The molecule has 122 valence electrons. The molecule has 1 heterocycles. The molecule has 1 aliphatic heterocycles. The van der Waals surface area contributed by atoms with Crippen molar-refractivity contribution in [3.05, 3.63) is 16.6 Å². The fourth-order valence-corrected chi connectivity index (χ4v) is 4.72. The van der Waals surface area contributed by atoms with Crippen LogP contribution in [0.5, 0.6) is 11.5 Å². The Morgan fingerprint density at radius 1 is 1.32 bits per heavy atom. The Kier molecular flexibility index (Phi) is 4.98. The number of methoxy groups -OCH3 is 2. The molecule has 9 heteroatoms. The van der Waals surface area contributed by atoms with Gasteiger partial charge in [0.25, 0.3) is 0 Å². The Hall–Kier alpha value is -1.32. The maximum Gasteiger partial charge on any atom is 0.322 e. The van der Waals surface area contributed by atoms with E-state index in [1.54, 1.807) is 0 Å². The molecular formula is C13H16BrNO6S. The van der Waals surface area contributed by atoms with Crippen LogP contribution in [-0.4, -0.2) is 50.6 Å². The van der Waals surface area contributed by atoms with Crippen molar-refractivity contribution >= 4 is 31.9 Å². The highest BCUT2D eigenvalue weighted by molar-refractivity contribution is 9.10. The van der Waals surface area contributed by atoms with Gasteiger partial charge in [-0.05, 0) is 34.8 Å². The van der Waals surface area contributed by atoms with Gasteiger partial charge in [0.05, 0.1) is 18.7 Å². The van der Waals surface area contributed by atoms with Gasteiger partial charge in [0.15, 0.2) is 0 Å². The smallest absolute Gasteiger partial charge is 0.322 e. The van der Waals surface area contributed by atoms with Gasteiger partial charge in [-0.2, -0.15) is 4.31 Å². The summed E-state index contributed by atoms with van der Waals surface area (Å²) in [6.45, 7) is 0.167. The Balaban J connectivity index is 2.56. The maximum atomic E-state index is 12.8. The third-order valence-electron chi connectivity index (χ3n) is 3.51. The van der Waals surface area contributed by atoms with Crippen LogP contribution in [0, 0.1) is 0 Å². The van der Waals surface area contributed by atoms with Crippen molar-refractivity contribution in [1.82, 2.24) is 4.31 Å². The second-order valence-corrected chi connectivity index (χ2v) is 7.46. The number of hydrogen-bond acceptors (Lipinski definition) is 5. The Morgan fingerprint density at radius 3 is 2.50 bits per heavy atom. The van der Waals surface area contributed by atoms with Crippen molar-refractivity contribution in [2.24, 2.45) is 0 Å². The Labute approximate surface area is 137 Å². The number of rotatable bonds is 5. The first kappa shape index (κ1) is 17.0. The molecule has 0 spiro atoms. The lowest BCUT2D eigenvalue weighted by Gasteiger charge is -2.22. The molecule has 1 unspecified atom stereocenters. The monoisotopic (exact) mass is 393 g/mol. The van der Waals surface area contributed by atoms with E-state index < -0.39 is 22.0 Å². The average molecular weight is 394 g/mol. The summed E-state index contributed by atoms with van der Waals surface area (Å²) in [5.41, 5.74) is 0. The van der Waals surface area contributed by atoms with E-state index in [1.807, 2.05) is 0 Å². The van der Waals surface area contributed by atoms with Gasteiger partial charge >= 0.3 is 5.97 Å². The molecule has 1 fully saturated rings. The van der Waals surface area contributed by atoms with E-state index in [4.69, 9.17) is 9.47 Å². The SMILES string of the molecule is COc1cc(S(=O)(=O)N2CCCC2C(=O)O)c(OC)cc1Br. The number of aliphatic carboxylic acids is 1. The predicted molar refractivity (Wildman–Crippen MR) is 81.8 cm³/mol. The number of nitrogens with zero attached hydrogens (tertiary/aromatic N) is 1. The second-order valence-electron chi connectivity index (χ2n) is 4.75. The topological polar surface area (TPSA) is 93.1 Å². The van der Waals surface area contributed by atoms with Gasteiger partial charge in [0.1, 0.15) is 22.4 Å². The highest BCUT2D eigenvalue weighted by Crippen LogP contribution is 2.38. The highest BCUT2D eigenvalue weighted by Gasteiger charge is 2.41. The van der Waals surface area contributed by atoms with Crippen molar-refractivity contribution in [2.45, 2.75) is 23.8 Å². The molecule has 7 nitrogen and oxygen atoms in total. The molecule has 1 aromatic carbocycles. The van der Waals surface area contributed by atoms with E-state index in [1.165, 1.54) is 26.4 Å². The van der Waals surface area contributed by atoms with E-state index >= 15 is 0 Å². The van der Waals surface area contributed by atoms with E-state index in [0.29, 0.717) is 23.1 Å². The van der Waals surface area contributed by atoms with Crippen molar-refractivity contribution in [2.75, 3.05) is 20.8 Å². The lowest BCUT2D eigenvalue weighted by molar-refractivity contribution is -0.140. The molecule has 1 N–H and O–H groups in total. The van der Waals surface area contributed by atoms with Crippen LogP contribution in [0.25, 0.3) is 0 Å². The minimum Gasteiger partial charge on any atom is -0.496 e. The third-order valence-corrected chi connectivity index (χ3v) is 6.06. The van der Waals surface area contributed by atoms with Gasteiger partial charge in [-0.15, -0.1) is 0 Å². The zero-order valence-corrected chi connectivity index (χ0v) is 14.5. The van der Waals surface area contributed by atoms with Gasteiger partial charge in [-0.1, -0.05) is 0 Å². The number of halogens is 1. The van der Waals surface area contributed by atoms with Gasteiger partial charge < -0.3 is 14.6 Å². The van der Waals surface area contributed by atoms with Crippen LogP contribution in [-0.2, 0) is 14.8 Å². The van der Waals surface area contributed by atoms with Gasteiger partial charge in [-0.3, -0.25) is 4.79 Å². The quantitative estimate of drug-likeness (QED) is 0.817. The largest absolute Gasteiger partial charge is 0.496 e. The van der Waals surface area contributed by atoms with E-state index in [-0.39, 0.29) is 17.2 Å². The first-order chi connectivity index (χ1) is 10.3. The summed E-state index contributed by atoms with van der Waals surface area (Å²) in [6.07, 6.45) is 0.802. The summed E-state index contributed by atoms with van der Waals surface area (Å²) in [5, 5.41) is 9.20. The number of carbonyl (C=O) groups is 1. The van der Waals surface area contributed by atoms with Gasteiger partial charge in [-0.25, -0.2) is 8.42 Å². The van der Waals surface area contributed by atoms with Crippen LogP contribution in [0.3, 0.4) is 0 Å². The number of benzene rings is 1. The summed E-state index contributed by atoms with van der Waals surface area (Å²) in [4.78, 5) is 11.1. The number of sulfonamides is 1. The predicted octanol–water partition coefficient (Wildman–Crippen LogP) is 1.70. The number of ether oxygens (including phenoxy) is 2. The van der Waals surface area contributed by atoms with Crippen LogP contribution in [0.1, 0.15) is 12.8 Å². The minimum absolute atomic E-state index is 0.108. The van der Waals surface area contributed by atoms with Crippen LogP contribution in [0.2, 0.25) is 0 Å². The van der Waals surface area contributed by atoms with Crippen LogP contribution < -0.4 is 9.47 Å². The Bertz CT molecular complexity index is 690. The molecule has 1 saturated heterocycles. The average Bonchev–Trinajstić information content (AvgIpc) is 2.97. The van der Waals surface area contributed by atoms with Gasteiger partial charge in [0.2, 0.25) is 10.0 Å². The highest BCUT2D eigenvalue weighted by atomic mass is 79.9. The summed E-state index contributed by atoms with van der Waals surface area (Å²) in [7, 11) is -1.23. The zero-order valence-electron chi connectivity index (χ0n) is 12.1. The number of carboxylic acid groups (broad SMARTS) is 1. The molecule has 22 heavy (non-hydrogen) atoms. The summed E-state index contributed by atoms with van der Waals surface area (Å²) in [5.74, 6) is -0.696. The van der Waals surface area contributed by atoms with Crippen LogP contribution in [0.4, 0.5) is 0 Å². The summed E-state index contributed by atoms with van der Waals surface area (Å²) in [6, 6.07) is 1.76. The van der Waals surface area contributed by atoms with E-state index in [2.05, 4.69) is 15.9 Å².